The van der Waals surface area contributed by atoms with E-state index in [4.69, 9.17) is 4.74 Å². The Balaban J connectivity index is 1.59. The molecule has 2 aliphatic rings. The van der Waals surface area contributed by atoms with Crippen LogP contribution in [0.25, 0.3) is 0 Å². The number of hydrogen-bond donors (Lipinski definition) is 0. The Bertz CT molecular complexity index is 673. The lowest BCUT2D eigenvalue weighted by atomic mass is 9.95. The molecule has 11 heteroatoms. The first kappa shape index (κ1) is 19.0. The van der Waals surface area contributed by atoms with E-state index >= 15 is 0 Å². The molecule has 26 heavy (non-hydrogen) atoms. The quantitative estimate of drug-likeness (QED) is 0.782. The van der Waals surface area contributed by atoms with Gasteiger partial charge in [-0.25, -0.2) is 0 Å². The fourth-order valence-electron chi connectivity index (χ4n) is 3.28. The van der Waals surface area contributed by atoms with Gasteiger partial charge in [0.25, 0.3) is 0 Å². The number of rotatable bonds is 4. The summed E-state index contributed by atoms with van der Waals surface area (Å²) in [7, 11) is 1.53. The molecular formula is C15H19F3N4O3S. The molecule has 1 atom stereocenters. The van der Waals surface area contributed by atoms with E-state index < -0.39 is 18.0 Å². The van der Waals surface area contributed by atoms with Crippen LogP contribution in [0.4, 0.5) is 18.3 Å². The van der Waals surface area contributed by atoms with Crippen LogP contribution in [-0.2, 0) is 20.9 Å². The van der Waals surface area contributed by atoms with Crippen molar-refractivity contribution in [2.45, 2.75) is 32.0 Å². The van der Waals surface area contributed by atoms with Crippen molar-refractivity contribution in [3.8, 4) is 0 Å². The Morgan fingerprint density at radius 3 is 2.62 bits per heavy atom. The van der Waals surface area contributed by atoms with Gasteiger partial charge in [0.2, 0.25) is 16.9 Å². The molecule has 0 N–H and O–H groups in total. The van der Waals surface area contributed by atoms with E-state index in [2.05, 4.69) is 10.2 Å². The third-order valence-electron chi connectivity index (χ3n) is 4.70. The summed E-state index contributed by atoms with van der Waals surface area (Å²) < 4.78 is 43.2. The van der Waals surface area contributed by atoms with Gasteiger partial charge in [-0.1, -0.05) is 11.3 Å². The standard InChI is InChI=1S/C15H19F3N4O3S/c1-25-8-11-19-20-14(26-11)22-7-9(6-12(22)23)13(24)21-4-2-10(3-5-21)15(16,17)18/h9-10H,2-8H2,1H3. The number of alkyl halides is 3. The smallest absolute Gasteiger partial charge is 0.377 e. The van der Waals surface area contributed by atoms with Gasteiger partial charge in [0.15, 0.2) is 0 Å². The average Bonchev–Trinajstić information content (AvgIpc) is 3.20. The maximum absolute atomic E-state index is 12.7. The summed E-state index contributed by atoms with van der Waals surface area (Å²) in [6, 6.07) is 0. The largest absolute Gasteiger partial charge is 0.391 e. The van der Waals surface area contributed by atoms with Crippen LogP contribution in [0.15, 0.2) is 0 Å². The van der Waals surface area contributed by atoms with Crippen LogP contribution in [0.1, 0.15) is 24.3 Å². The summed E-state index contributed by atoms with van der Waals surface area (Å²) in [5, 5.41) is 8.91. The van der Waals surface area contributed by atoms with E-state index in [1.807, 2.05) is 0 Å². The predicted octanol–water partition coefficient (Wildman–Crippen LogP) is 1.84. The molecule has 0 aromatic carbocycles. The highest BCUT2D eigenvalue weighted by Gasteiger charge is 2.44. The molecule has 2 fully saturated rings. The minimum absolute atomic E-state index is 0.0389. The molecule has 144 valence electrons. The molecule has 1 unspecified atom stereocenters. The Hall–Kier alpha value is -1.75. The SMILES string of the molecule is COCc1nnc(N2CC(C(=O)N3CCC(C(F)(F)F)CC3)CC2=O)s1. The Morgan fingerprint density at radius 2 is 2.00 bits per heavy atom. The van der Waals surface area contributed by atoms with Crippen LogP contribution < -0.4 is 4.90 Å². The first-order valence-electron chi connectivity index (χ1n) is 8.26. The lowest BCUT2D eigenvalue weighted by Gasteiger charge is -2.34. The fraction of sp³-hybridized carbons (Fsp3) is 0.733. The minimum Gasteiger partial charge on any atom is -0.377 e. The highest BCUT2D eigenvalue weighted by atomic mass is 32.1. The summed E-state index contributed by atoms with van der Waals surface area (Å²) in [4.78, 5) is 27.7. The predicted molar refractivity (Wildman–Crippen MR) is 86.4 cm³/mol. The van der Waals surface area contributed by atoms with E-state index in [0.29, 0.717) is 10.1 Å². The molecule has 0 spiro atoms. The van der Waals surface area contributed by atoms with Crippen molar-refractivity contribution in [2.75, 3.05) is 31.6 Å². The maximum atomic E-state index is 12.7. The van der Waals surface area contributed by atoms with Gasteiger partial charge in [-0.3, -0.25) is 14.5 Å². The second-order valence-electron chi connectivity index (χ2n) is 6.46. The molecule has 7 nitrogen and oxygen atoms in total. The molecule has 2 saturated heterocycles. The first-order chi connectivity index (χ1) is 12.3. The van der Waals surface area contributed by atoms with Crippen LogP contribution >= 0.6 is 11.3 Å². The topological polar surface area (TPSA) is 75.6 Å². The molecule has 1 aromatic rings. The van der Waals surface area contributed by atoms with Gasteiger partial charge in [0.05, 0.1) is 11.8 Å². The van der Waals surface area contributed by atoms with Crippen molar-refractivity contribution in [3.05, 3.63) is 5.01 Å². The molecule has 3 rings (SSSR count). The van der Waals surface area contributed by atoms with E-state index in [1.54, 1.807) is 0 Å². The Morgan fingerprint density at radius 1 is 1.31 bits per heavy atom. The first-order valence-corrected chi connectivity index (χ1v) is 9.08. The molecule has 0 bridgehead atoms. The van der Waals surface area contributed by atoms with Crippen molar-refractivity contribution < 1.29 is 27.5 Å². The average molecular weight is 392 g/mol. The number of carbonyl (C=O) groups is 2. The normalized spacial score (nSPS) is 22.3. The fourth-order valence-corrected chi connectivity index (χ4v) is 4.12. The third kappa shape index (κ3) is 3.98. The van der Waals surface area contributed by atoms with Gasteiger partial charge >= 0.3 is 6.18 Å². The van der Waals surface area contributed by atoms with Gasteiger partial charge in [-0.05, 0) is 12.8 Å². The van der Waals surface area contributed by atoms with Gasteiger partial charge in [-0.15, -0.1) is 10.2 Å². The lowest BCUT2D eigenvalue weighted by molar-refractivity contribution is -0.186. The van der Waals surface area contributed by atoms with Crippen LogP contribution in [0.5, 0.6) is 0 Å². The van der Waals surface area contributed by atoms with Gasteiger partial charge in [0.1, 0.15) is 11.6 Å². The third-order valence-corrected chi connectivity index (χ3v) is 5.62. The Labute approximate surface area is 152 Å². The zero-order chi connectivity index (χ0) is 18.9. The van der Waals surface area contributed by atoms with Crippen molar-refractivity contribution in [1.82, 2.24) is 15.1 Å². The van der Waals surface area contributed by atoms with Crippen molar-refractivity contribution in [3.63, 3.8) is 0 Å². The molecule has 0 saturated carbocycles. The summed E-state index contributed by atoms with van der Waals surface area (Å²) in [6.07, 6.45) is -4.35. The highest BCUT2D eigenvalue weighted by Crippen LogP contribution is 2.35. The number of methoxy groups -OCH3 is 1. The summed E-state index contributed by atoms with van der Waals surface area (Å²) in [5.74, 6) is -2.40. The minimum atomic E-state index is -4.22. The van der Waals surface area contributed by atoms with Crippen molar-refractivity contribution >= 4 is 28.3 Å². The number of piperidine rings is 1. The van der Waals surface area contributed by atoms with Gasteiger partial charge in [-0.2, -0.15) is 13.2 Å². The second-order valence-corrected chi connectivity index (χ2v) is 7.50. The Kier molecular flexibility index (Phi) is 5.47. The van der Waals surface area contributed by atoms with Crippen LogP contribution in [0.2, 0.25) is 0 Å². The molecule has 0 radical (unpaired) electrons. The summed E-state index contributed by atoms with van der Waals surface area (Å²) >= 11 is 1.22. The molecule has 0 aliphatic carbocycles. The zero-order valence-electron chi connectivity index (χ0n) is 14.2. The number of likely N-dealkylation sites (tertiary alicyclic amines) is 1. The monoisotopic (exact) mass is 392 g/mol. The highest BCUT2D eigenvalue weighted by molar-refractivity contribution is 7.15. The maximum Gasteiger partial charge on any atom is 0.391 e. The number of nitrogens with zero attached hydrogens (tertiary/aromatic N) is 4. The molecule has 2 aliphatic heterocycles. The summed E-state index contributed by atoms with van der Waals surface area (Å²) in [6.45, 7) is 0.615. The van der Waals surface area contributed by atoms with E-state index in [0.717, 1.165) is 0 Å². The van der Waals surface area contributed by atoms with Crippen LogP contribution in [0.3, 0.4) is 0 Å². The number of aromatic nitrogens is 2. The van der Waals surface area contributed by atoms with Gasteiger partial charge < -0.3 is 9.64 Å². The number of amides is 2. The number of carbonyl (C=O) groups excluding carboxylic acids is 2. The number of anilines is 1. The van der Waals surface area contributed by atoms with E-state index in [1.165, 1.54) is 28.2 Å². The second kappa shape index (κ2) is 7.47. The van der Waals surface area contributed by atoms with E-state index in [-0.39, 0.29) is 57.3 Å². The van der Waals surface area contributed by atoms with E-state index in [9.17, 15) is 22.8 Å². The number of ether oxygens (including phenoxy) is 1. The number of halogens is 3. The zero-order valence-corrected chi connectivity index (χ0v) is 15.0. The summed E-state index contributed by atoms with van der Waals surface area (Å²) in [5.41, 5.74) is 0. The van der Waals surface area contributed by atoms with Crippen molar-refractivity contribution in [2.24, 2.45) is 11.8 Å². The molecule has 2 amide bonds. The number of hydrogen-bond acceptors (Lipinski definition) is 6. The lowest BCUT2D eigenvalue weighted by Crippen LogP contribution is -2.45. The molecule has 1 aromatic heterocycles. The van der Waals surface area contributed by atoms with Crippen LogP contribution in [-0.4, -0.2) is 59.8 Å². The molecular weight excluding hydrogens is 373 g/mol. The van der Waals surface area contributed by atoms with Gasteiger partial charge in [0, 0.05) is 33.2 Å². The van der Waals surface area contributed by atoms with Crippen LogP contribution in [0, 0.1) is 11.8 Å². The van der Waals surface area contributed by atoms with Crippen molar-refractivity contribution in [1.29, 1.82) is 0 Å². The molecule has 3 heterocycles.